The fourth-order valence-electron chi connectivity index (χ4n) is 3.98. The molecule has 3 nitrogen and oxygen atoms in total. The highest BCUT2D eigenvalue weighted by Gasteiger charge is 2.39. The molecular weight excluding hydrogens is 471 g/mol. The first-order valence-corrected chi connectivity index (χ1v) is 12.6. The molecule has 5 heteroatoms. The van der Waals surface area contributed by atoms with Gasteiger partial charge in [-0.15, -0.1) is 0 Å². The topological polar surface area (TPSA) is 51.2 Å². The van der Waals surface area contributed by atoms with Crippen LogP contribution in [0.5, 0.6) is 0 Å². The molecule has 160 valence electrons. The van der Waals surface area contributed by atoms with Gasteiger partial charge in [-0.05, 0) is 51.3 Å². The van der Waals surface area contributed by atoms with Crippen LogP contribution in [0.3, 0.4) is 0 Å². The zero-order valence-electron chi connectivity index (χ0n) is 18.4. The average Bonchev–Trinajstić information content (AvgIpc) is 2.73. The first-order chi connectivity index (χ1) is 14.5. The summed E-state index contributed by atoms with van der Waals surface area (Å²) in [6, 6.07) is 19.6. The van der Waals surface area contributed by atoms with Gasteiger partial charge in [0.25, 0.3) is 0 Å². The predicted molar refractivity (Wildman–Crippen MR) is 132 cm³/mol. The van der Waals surface area contributed by atoms with Crippen molar-refractivity contribution in [1.82, 2.24) is 0 Å². The van der Waals surface area contributed by atoms with E-state index in [0.717, 1.165) is 11.1 Å². The number of ketones is 1. The predicted octanol–water partition coefficient (Wildman–Crippen LogP) is 6.12. The maximum atomic E-state index is 14.5. The Morgan fingerprint density at radius 3 is 1.61 bits per heavy atom. The van der Waals surface area contributed by atoms with Gasteiger partial charge in [0, 0.05) is 21.7 Å². The molecule has 0 saturated heterocycles. The molecule has 0 heterocycles. The lowest BCUT2D eigenvalue weighted by Gasteiger charge is -2.24. The van der Waals surface area contributed by atoms with Crippen LogP contribution in [0.4, 0.5) is 0 Å². The first kappa shape index (κ1) is 23.4. The molecule has 3 aromatic carbocycles. The normalized spacial score (nSPS) is 11.9. The molecule has 0 amide bonds. The van der Waals surface area contributed by atoms with Crippen molar-refractivity contribution in [3.05, 3.63) is 94.5 Å². The van der Waals surface area contributed by atoms with E-state index in [1.54, 1.807) is 69.3 Å². The van der Waals surface area contributed by atoms with Crippen LogP contribution in [-0.4, -0.2) is 15.6 Å². The van der Waals surface area contributed by atoms with Gasteiger partial charge in [-0.1, -0.05) is 82.7 Å². The van der Waals surface area contributed by atoms with Gasteiger partial charge in [-0.25, -0.2) is 0 Å². The molecular formula is C26H26BrO3P. The molecule has 31 heavy (non-hydrogen) atoms. The lowest BCUT2D eigenvalue weighted by atomic mass is 9.88. The number of carbonyl (C=O) groups is 2. The summed E-state index contributed by atoms with van der Waals surface area (Å²) in [5, 5.41) is 0.971. The van der Waals surface area contributed by atoms with Crippen molar-refractivity contribution in [2.75, 3.05) is 0 Å². The first-order valence-electron chi connectivity index (χ1n) is 10.1. The average molecular weight is 497 g/mol. The summed E-state index contributed by atoms with van der Waals surface area (Å²) >= 11 is 3.45. The molecule has 0 aromatic heterocycles. The quantitative estimate of drug-likeness (QED) is 0.234. The number of hydrogen-bond acceptors (Lipinski definition) is 3. The molecule has 0 unspecified atom stereocenters. The molecule has 0 N–H and O–H groups in total. The molecule has 0 spiro atoms. The lowest BCUT2D eigenvalue weighted by molar-refractivity contribution is 0.0960. The second-order valence-electron chi connectivity index (χ2n) is 8.27. The Balaban J connectivity index is 2.32. The maximum absolute atomic E-state index is 14.5. The second-order valence-corrected chi connectivity index (χ2v) is 12.9. The Bertz CT molecular complexity index is 1150. The number of benzene rings is 3. The van der Waals surface area contributed by atoms with Crippen LogP contribution in [0.25, 0.3) is 0 Å². The van der Waals surface area contributed by atoms with Crippen LogP contribution >= 0.6 is 23.1 Å². The summed E-state index contributed by atoms with van der Waals surface area (Å²) in [5.41, 5.74) is 2.52. The van der Waals surface area contributed by atoms with Gasteiger partial charge in [-0.2, -0.15) is 0 Å². The van der Waals surface area contributed by atoms with E-state index in [9.17, 15) is 14.2 Å². The molecule has 0 aliphatic rings. The molecule has 0 bridgehead atoms. The molecule has 0 aliphatic heterocycles. The van der Waals surface area contributed by atoms with Crippen molar-refractivity contribution in [2.45, 2.75) is 38.9 Å². The van der Waals surface area contributed by atoms with Gasteiger partial charge in [-0.3, -0.25) is 9.59 Å². The Morgan fingerprint density at radius 2 is 1.19 bits per heavy atom. The Morgan fingerprint density at radius 1 is 0.774 bits per heavy atom. The highest BCUT2D eigenvalue weighted by atomic mass is 79.9. The van der Waals surface area contributed by atoms with Gasteiger partial charge in [0.15, 0.2) is 5.78 Å². The fraction of sp³-hybridized carbons (Fsp3) is 0.231. The summed E-state index contributed by atoms with van der Waals surface area (Å²) in [7, 11) is -3.66. The van der Waals surface area contributed by atoms with E-state index < -0.39 is 17.0 Å². The minimum absolute atomic E-state index is 0.106. The maximum Gasteiger partial charge on any atom is 0.230 e. The van der Waals surface area contributed by atoms with Gasteiger partial charge < -0.3 is 4.57 Å². The number of carbonyl (C=O) groups excluding carboxylic acids is 2. The Kier molecular flexibility index (Phi) is 6.55. The molecule has 0 fully saturated rings. The van der Waals surface area contributed by atoms with E-state index >= 15 is 0 Å². The van der Waals surface area contributed by atoms with Crippen LogP contribution < -0.4 is 10.6 Å². The lowest BCUT2D eigenvalue weighted by Crippen LogP contribution is -2.28. The van der Waals surface area contributed by atoms with Crippen LogP contribution in [0, 0.1) is 20.8 Å². The van der Waals surface area contributed by atoms with Crippen LogP contribution in [0.15, 0.2) is 66.7 Å². The summed E-state index contributed by atoms with van der Waals surface area (Å²) in [6.45, 7) is 9.05. The van der Waals surface area contributed by atoms with Gasteiger partial charge in [0.2, 0.25) is 12.7 Å². The van der Waals surface area contributed by atoms with Crippen LogP contribution in [-0.2, 0) is 4.57 Å². The van der Waals surface area contributed by atoms with Crippen LogP contribution in [0.2, 0.25) is 0 Å². The number of halogens is 1. The van der Waals surface area contributed by atoms with E-state index in [2.05, 4.69) is 15.9 Å². The third kappa shape index (κ3) is 4.24. The summed E-state index contributed by atoms with van der Waals surface area (Å²) in [5.74, 6) is -0.106. The highest BCUT2D eigenvalue weighted by molar-refractivity contribution is 9.10. The number of Topliss-reactive ketones (excluding diaryl/α,β-unsaturated/α-hetero) is 1. The number of hydrogen-bond donors (Lipinski definition) is 0. The molecule has 3 aromatic rings. The van der Waals surface area contributed by atoms with Crippen molar-refractivity contribution in [3.63, 3.8) is 0 Å². The fourth-order valence-corrected chi connectivity index (χ4v) is 6.79. The number of aryl methyl sites for hydroxylation is 2. The van der Waals surface area contributed by atoms with E-state index in [4.69, 9.17) is 0 Å². The van der Waals surface area contributed by atoms with Crippen molar-refractivity contribution < 1.29 is 14.2 Å². The molecule has 0 saturated carbocycles. The Hall–Kier alpha value is -2.29. The summed E-state index contributed by atoms with van der Waals surface area (Å²) in [6.07, 6.45) is 0. The number of alkyl halides is 1. The minimum Gasteiger partial charge on any atom is -0.305 e. The third-order valence-electron chi connectivity index (χ3n) is 5.48. The zero-order valence-corrected chi connectivity index (χ0v) is 20.9. The highest BCUT2D eigenvalue weighted by Crippen LogP contribution is 2.48. The molecule has 3 rings (SSSR count). The van der Waals surface area contributed by atoms with Crippen molar-refractivity contribution in [1.29, 1.82) is 0 Å². The molecule has 0 aliphatic carbocycles. The SMILES string of the molecule is Cc1cc(C)c(C(=O)P(=O)(c2ccccc2)c2ccccc2)c(C)c1C(=O)C(C)(C)Br. The smallest absolute Gasteiger partial charge is 0.230 e. The van der Waals surface area contributed by atoms with Gasteiger partial charge in [0.1, 0.15) is 0 Å². The standard InChI is InChI=1S/C26H26BrO3P/c1-17-16-18(2)23(19(3)22(17)24(28)26(4,5)27)25(29)31(30,20-12-8-6-9-13-20)21-14-10-7-11-15-21/h6-16H,1-5H3. The van der Waals surface area contributed by atoms with Gasteiger partial charge in [0.05, 0.1) is 4.32 Å². The molecule has 0 radical (unpaired) electrons. The Labute approximate surface area is 192 Å². The van der Waals surface area contributed by atoms with E-state index in [1.807, 2.05) is 32.0 Å². The van der Waals surface area contributed by atoms with Crippen LogP contribution in [0.1, 0.15) is 51.3 Å². The zero-order chi connectivity index (χ0) is 23.0. The largest absolute Gasteiger partial charge is 0.305 e. The van der Waals surface area contributed by atoms with Crippen molar-refractivity contribution >= 4 is 45.0 Å². The van der Waals surface area contributed by atoms with Crippen molar-refractivity contribution in [3.8, 4) is 0 Å². The van der Waals surface area contributed by atoms with Crippen molar-refractivity contribution in [2.24, 2.45) is 0 Å². The summed E-state index contributed by atoms with van der Waals surface area (Å²) in [4.78, 5) is 27.2. The monoisotopic (exact) mass is 496 g/mol. The second kappa shape index (κ2) is 8.68. The summed E-state index contributed by atoms with van der Waals surface area (Å²) < 4.78 is 13.8. The van der Waals surface area contributed by atoms with E-state index in [0.29, 0.717) is 27.3 Å². The minimum atomic E-state index is -3.66. The number of rotatable bonds is 6. The van der Waals surface area contributed by atoms with Gasteiger partial charge >= 0.3 is 0 Å². The third-order valence-corrected chi connectivity index (χ3v) is 8.68. The van der Waals surface area contributed by atoms with E-state index in [1.165, 1.54) is 0 Å². The molecule has 0 atom stereocenters. The van der Waals surface area contributed by atoms with E-state index in [-0.39, 0.29) is 5.78 Å².